The molecule has 0 aliphatic heterocycles. The van der Waals surface area contributed by atoms with Crippen LogP contribution in [0.2, 0.25) is 0 Å². The Balaban J connectivity index is 1.36. The number of pyridine rings is 1. The summed E-state index contributed by atoms with van der Waals surface area (Å²) >= 11 is 1.53. The van der Waals surface area contributed by atoms with Gasteiger partial charge in [-0.3, -0.25) is 14.6 Å². The lowest BCUT2D eigenvalue weighted by Gasteiger charge is -2.13. The van der Waals surface area contributed by atoms with E-state index in [0.717, 1.165) is 58.9 Å². The predicted octanol–water partition coefficient (Wildman–Crippen LogP) is 5.19. The number of fused-ring (bicyclic) bond motifs is 2. The molecule has 3 aromatic heterocycles. The number of hydrogen-bond donors (Lipinski definition) is 2. The summed E-state index contributed by atoms with van der Waals surface area (Å²) in [4.78, 5) is 31.5. The van der Waals surface area contributed by atoms with Gasteiger partial charge in [-0.1, -0.05) is 18.2 Å². The molecule has 1 aromatic carbocycles. The van der Waals surface area contributed by atoms with Crippen LogP contribution in [0.3, 0.4) is 0 Å². The molecule has 2 amide bonds. The molecule has 4 aromatic rings. The summed E-state index contributed by atoms with van der Waals surface area (Å²) in [5.41, 5.74) is 5.35. The van der Waals surface area contributed by atoms with Gasteiger partial charge in [-0.15, -0.1) is 11.3 Å². The van der Waals surface area contributed by atoms with Crippen LogP contribution in [-0.4, -0.2) is 16.8 Å². The number of carbonyl (C=O) groups excluding carboxylic acids is 2. The molecule has 0 bridgehead atoms. The minimum absolute atomic E-state index is 0.154. The maximum absolute atomic E-state index is 13.2. The van der Waals surface area contributed by atoms with Crippen LogP contribution in [0, 0.1) is 6.92 Å². The highest BCUT2D eigenvalue weighted by Crippen LogP contribution is 2.38. The van der Waals surface area contributed by atoms with Gasteiger partial charge in [0.1, 0.15) is 10.6 Å². The van der Waals surface area contributed by atoms with Gasteiger partial charge in [0.25, 0.3) is 5.91 Å². The van der Waals surface area contributed by atoms with Gasteiger partial charge in [-0.2, -0.15) is 0 Å². The van der Waals surface area contributed by atoms with Gasteiger partial charge in [0.2, 0.25) is 5.91 Å². The van der Waals surface area contributed by atoms with Gasteiger partial charge in [-0.25, -0.2) is 0 Å². The fraction of sp³-hybridized carbons (Fsp3) is 0.269. The molecule has 168 valence electrons. The summed E-state index contributed by atoms with van der Waals surface area (Å²) in [5.74, 6) is -0.309. The number of thiophene rings is 1. The maximum atomic E-state index is 13.2. The number of anilines is 1. The van der Waals surface area contributed by atoms with Crippen LogP contribution in [0.5, 0.6) is 0 Å². The maximum Gasteiger partial charge on any atom is 0.254 e. The zero-order chi connectivity index (χ0) is 22.8. The Morgan fingerprint density at radius 2 is 2.06 bits per heavy atom. The third-order valence-corrected chi connectivity index (χ3v) is 7.20. The lowest BCUT2D eigenvalue weighted by atomic mass is 9.95. The Morgan fingerprint density at radius 3 is 2.91 bits per heavy atom. The number of nitrogens with one attached hydrogen (secondary N) is 2. The molecule has 0 atom stereocenters. The van der Waals surface area contributed by atoms with Crippen LogP contribution in [0.4, 0.5) is 5.00 Å². The lowest BCUT2D eigenvalue weighted by molar-refractivity contribution is -0.115. The molecule has 1 aliphatic rings. The topological polar surface area (TPSA) is 84.2 Å². The minimum Gasteiger partial charge on any atom is -0.464 e. The van der Waals surface area contributed by atoms with E-state index >= 15 is 0 Å². The van der Waals surface area contributed by atoms with Crippen molar-refractivity contribution in [1.29, 1.82) is 0 Å². The first-order chi connectivity index (χ1) is 16.1. The fourth-order valence-electron chi connectivity index (χ4n) is 4.34. The third-order valence-electron chi connectivity index (χ3n) is 5.99. The molecule has 0 spiro atoms. The van der Waals surface area contributed by atoms with Gasteiger partial charge in [0.15, 0.2) is 0 Å². The van der Waals surface area contributed by atoms with Crippen molar-refractivity contribution in [2.24, 2.45) is 0 Å². The van der Waals surface area contributed by atoms with Gasteiger partial charge < -0.3 is 15.1 Å². The lowest BCUT2D eigenvalue weighted by Crippen LogP contribution is -2.25. The Labute approximate surface area is 196 Å². The average molecular weight is 460 g/mol. The first-order valence-corrected chi connectivity index (χ1v) is 12.0. The molecule has 5 rings (SSSR count). The smallest absolute Gasteiger partial charge is 0.254 e. The van der Waals surface area contributed by atoms with E-state index in [1.54, 1.807) is 18.7 Å². The SMILES string of the molecule is Cc1ccc2c(CC(=O)Nc3sc4c(c3C(=O)NCc3cccnc3)CCCC4)coc2c1. The molecule has 1 aliphatic carbocycles. The molecule has 0 saturated heterocycles. The first kappa shape index (κ1) is 21.4. The summed E-state index contributed by atoms with van der Waals surface area (Å²) in [6.07, 6.45) is 9.26. The van der Waals surface area contributed by atoms with Crippen molar-refractivity contribution in [2.75, 3.05) is 5.32 Å². The van der Waals surface area contributed by atoms with Crippen LogP contribution in [0.1, 0.15) is 50.3 Å². The van der Waals surface area contributed by atoms with Gasteiger partial charge >= 0.3 is 0 Å². The number of aromatic nitrogens is 1. The molecule has 33 heavy (non-hydrogen) atoms. The monoisotopic (exact) mass is 459 g/mol. The number of benzene rings is 1. The van der Waals surface area contributed by atoms with Crippen molar-refractivity contribution in [1.82, 2.24) is 10.3 Å². The standard InChI is InChI=1S/C26H25N3O3S/c1-16-8-9-19-18(15-32-21(19)11-16)12-23(30)29-26-24(20-6-2-3-7-22(20)33-26)25(31)28-14-17-5-4-10-27-13-17/h4-5,8-11,13,15H,2-3,6-7,12,14H2,1H3,(H,28,31)(H,29,30). The summed E-state index contributed by atoms with van der Waals surface area (Å²) < 4.78 is 5.64. The van der Waals surface area contributed by atoms with Crippen LogP contribution >= 0.6 is 11.3 Å². The first-order valence-electron chi connectivity index (χ1n) is 11.2. The van der Waals surface area contributed by atoms with E-state index in [2.05, 4.69) is 15.6 Å². The van der Waals surface area contributed by atoms with Crippen molar-refractivity contribution in [3.05, 3.63) is 81.7 Å². The van der Waals surface area contributed by atoms with E-state index in [1.165, 1.54) is 16.2 Å². The zero-order valence-electron chi connectivity index (χ0n) is 18.4. The molecule has 7 heteroatoms. The van der Waals surface area contributed by atoms with E-state index in [9.17, 15) is 9.59 Å². The van der Waals surface area contributed by atoms with E-state index in [0.29, 0.717) is 17.1 Å². The average Bonchev–Trinajstić information content (AvgIpc) is 3.38. The summed E-state index contributed by atoms with van der Waals surface area (Å²) in [7, 11) is 0. The number of carbonyl (C=O) groups is 2. The summed E-state index contributed by atoms with van der Waals surface area (Å²) in [5, 5.41) is 7.61. The Bertz CT molecular complexity index is 1320. The Morgan fingerprint density at radius 1 is 1.18 bits per heavy atom. The largest absolute Gasteiger partial charge is 0.464 e. The van der Waals surface area contributed by atoms with E-state index in [1.807, 2.05) is 37.3 Å². The molecule has 3 heterocycles. The van der Waals surface area contributed by atoms with E-state index < -0.39 is 0 Å². The number of rotatable bonds is 6. The third kappa shape index (κ3) is 4.54. The van der Waals surface area contributed by atoms with Crippen LogP contribution in [0.15, 0.2) is 53.4 Å². The van der Waals surface area contributed by atoms with Crippen LogP contribution in [-0.2, 0) is 30.6 Å². The second-order valence-electron chi connectivity index (χ2n) is 8.44. The molecular weight excluding hydrogens is 434 g/mol. The highest BCUT2D eigenvalue weighted by atomic mass is 32.1. The summed E-state index contributed by atoms with van der Waals surface area (Å²) in [6, 6.07) is 9.74. The highest BCUT2D eigenvalue weighted by Gasteiger charge is 2.26. The van der Waals surface area contributed by atoms with Gasteiger partial charge in [0.05, 0.1) is 18.2 Å². The molecule has 6 nitrogen and oxygen atoms in total. The molecule has 0 radical (unpaired) electrons. The highest BCUT2D eigenvalue weighted by molar-refractivity contribution is 7.17. The van der Waals surface area contributed by atoms with E-state index in [4.69, 9.17) is 4.42 Å². The second kappa shape index (κ2) is 9.19. The zero-order valence-corrected chi connectivity index (χ0v) is 19.3. The summed E-state index contributed by atoms with van der Waals surface area (Å²) in [6.45, 7) is 2.40. The Hall–Kier alpha value is -3.45. The molecule has 0 unspecified atom stereocenters. The Kier molecular flexibility index (Phi) is 5.96. The molecular formula is C26H25N3O3S. The predicted molar refractivity (Wildman–Crippen MR) is 130 cm³/mol. The normalized spacial score (nSPS) is 13.0. The van der Waals surface area contributed by atoms with Crippen molar-refractivity contribution >= 4 is 39.1 Å². The number of furan rings is 1. The number of hydrogen-bond acceptors (Lipinski definition) is 5. The second-order valence-corrected chi connectivity index (χ2v) is 9.55. The molecule has 0 fully saturated rings. The van der Waals surface area contributed by atoms with Crippen molar-refractivity contribution < 1.29 is 14.0 Å². The van der Waals surface area contributed by atoms with Crippen molar-refractivity contribution in [3.8, 4) is 0 Å². The minimum atomic E-state index is -0.155. The van der Waals surface area contributed by atoms with Crippen LogP contribution < -0.4 is 10.6 Å². The fourth-order valence-corrected chi connectivity index (χ4v) is 5.64. The number of amides is 2. The van der Waals surface area contributed by atoms with Gasteiger partial charge in [0, 0.05) is 34.8 Å². The van der Waals surface area contributed by atoms with Crippen molar-refractivity contribution in [2.45, 2.75) is 45.6 Å². The molecule has 0 saturated carbocycles. The molecule has 2 N–H and O–H groups in total. The number of nitrogens with zero attached hydrogens (tertiary/aromatic N) is 1. The van der Waals surface area contributed by atoms with Gasteiger partial charge in [-0.05, 0) is 61.4 Å². The van der Waals surface area contributed by atoms with Crippen molar-refractivity contribution in [3.63, 3.8) is 0 Å². The van der Waals surface area contributed by atoms with Crippen LogP contribution in [0.25, 0.3) is 11.0 Å². The number of aryl methyl sites for hydroxylation is 2. The van der Waals surface area contributed by atoms with E-state index in [-0.39, 0.29) is 18.2 Å². The quantitative estimate of drug-likeness (QED) is 0.416.